The molecule has 12 heavy (non-hydrogen) atoms. The first-order valence-corrected chi connectivity index (χ1v) is 3.94. The summed E-state index contributed by atoms with van der Waals surface area (Å²) in [6, 6.07) is 0. The number of carbonyl (C=O) groups excluding carboxylic acids is 2. The van der Waals surface area contributed by atoms with Crippen molar-refractivity contribution in [1.29, 1.82) is 0 Å². The average molecular weight is 190 g/mol. The quantitative estimate of drug-likeness (QED) is 0.350. The molecule has 0 aliphatic rings. The summed E-state index contributed by atoms with van der Waals surface area (Å²) in [5, 5.41) is 0. The summed E-state index contributed by atoms with van der Waals surface area (Å²) >= 11 is 0. The normalized spacial score (nSPS) is 7.75. The van der Waals surface area contributed by atoms with E-state index in [0.29, 0.717) is 12.2 Å². The Balaban J connectivity index is 0. The standard InChI is InChI=1S/C3H6.C2N2O4S/c1-3-2;5-1-3-9(7,8)4-2-6/h3H,1H2,2H3;. The highest BCUT2D eigenvalue weighted by molar-refractivity contribution is 7.89. The molecule has 0 rings (SSSR count). The van der Waals surface area contributed by atoms with Gasteiger partial charge in [-0.15, -0.1) is 6.58 Å². The summed E-state index contributed by atoms with van der Waals surface area (Å²) in [6.07, 6.45) is 3.16. The lowest BCUT2D eigenvalue weighted by Gasteiger charge is -1.72. The molecule has 0 aromatic carbocycles. The van der Waals surface area contributed by atoms with Gasteiger partial charge in [0.1, 0.15) is 0 Å². The monoisotopic (exact) mass is 190 g/mol. The van der Waals surface area contributed by atoms with Gasteiger partial charge in [0.05, 0.1) is 0 Å². The summed E-state index contributed by atoms with van der Waals surface area (Å²) in [7, 11) is -4.28. The summed E-state index contributed by atoms with van der Waals surface area (Å²) in [4.78, 5) is 18.5. The van der Waals surface area contributed by atoms with Gasteiger partial charge in [0.15, 0.2) is 0 Å². The Morgan fingerprint density at radius 3 is 1.67 bits per heavy atom. The van der Waals surface area contributed by atoms with Crippen molar-refractivity contribution >= 4 is 22.4 Å². The maximum absolute atomic E-state index is 9.97. The van der Waals surface area contributed by atoms with Crippen molar-refractivity contribution in [2.45, 2.75) is 6.92 Å². The van der Waals surface area contributed by atoms with Crippen LogP contribution in [0.5, 0.6) is 0 Å². The molecular formula is C5H6N2O4S. The van der Waals surface area contributed by atoms with E-state index in [2.05, 4.69) is 15.4 Å². The molecule has 0 aromatic heterocycles. The molecule has 0 saturated carbocycles. The largest absolute Gasteiger partial charge is 0.383 e. The lowest BCUT2D eigenvalue weighted by molar-refractivity contribution is 0.561. The molecule has 0 bridgehead atoms. The molecule has 6 nitrogen and oxygen atoms in total. The van der Waals surface area contributed by atoms with Crippen LogP contribution in [0.1, 0.15) is 6.92 Å². The van der Waals surface area contributed by atoms with Gasteiger partial charge in [-0.25, -0.2) is 9.59 Å². The fourth-order valence-electron chi connectivity index (χ4n) is 0.115. The second kappa shape index (κ2) is 7.56. The first-order valence-electron chi connectivity index (χ1n) is 2.54. The van der Waals surface area contributed by atoms with Gasteiger partial charge >= 0.3 is 10.2 Å². The fourth-order valence-corrected chi connectivity index (χ4v) is 0.344. The summed E-state index contributed by atoms with van der Waals surface area (Å²) < 4.78 is 24.3. The van der Waals surface area contributed by atoms with Crippen molar-refractivity contribution in [2.24, 2.45) is 8.80 Å². The predicted molar refractivity (Wildman–Crippen MR) is 41.0 cm³/mol. The van der Waals surface area contributed by atoms with E-state index in [1.54, 1.807) is 6.08 Å². The molecule has 66 valence electrons. The Labute approximate surface area is 69.5 Å². The Morgan fingerprint density at radius 2 is 1.50 bits per heavy atom. The topological polar surface area (TPSA) is 93.0 Å². The molecule has 0 heterocycles. The fraction of sp³-hybridized carbons (Fsp3) is 0.200. The first-order chi connectivity index (χ1) is 5.54. The van der Waals surface area contributed by atoms with Gasteiger partial charge in [-0.2, -0.15) is 8.42 Å². The van der Waals surface area contributed by atoms with Crippen LogP contribution in [0.2, 0.25) is 0 Å². The van der Waals surface area contributed by atoms with Crippen molar-refractivity contribution in [3.05, 3.63) is 12.7 Å². The zero-order chi connectivity index (χ0) is 10.0. The van der Waals surface area contributed by atoms with Crippen LogP contribution in [0.25, 0.3) is 0 Å². The molecule has 0 aromatic rings. The molecule has 0 fully saturated rings. The van der Waals surface area contributed by atoms with E-state index >= 15 is 0 Å². The highest BCUT2D eigenvalue weighted by Gasteiger charge is 2.00. The zero-order valence-electron chi connectivity index (χ0n) is 6.22. The number of allylic oxidation sites excluding steroid dienone is 1. The Bertz CT molecular complexity index is 295. The van der Waals surface area contributed by atoms with Crippen LogP contribution in [-0.4, -0.2) is 20.6 Å². The van der Waals surface area contributed by atoms with E-state index in [9.17, 15) is 18.0 Å². The van der Waals surface area contributed by atoms with Crippen LogP contribution >= 0.6 is 0 Å². The van der Waals surface area contributed by atoms with Gasteiger partial charge in [0.25, 0.3) is 12.2 Å². The van der Waals surface area contributed by atoms with E-state index in [-0.39, 0.29) is 0 Å². The van der Waals surface area contributed by atoms with Gasteiger partial charge in [-0.3, -0.25) is 0 Å². The minimum Gasteiger partial charge on any atom is -0.210 e. The predicted octanol–water partition coefficient (Wildman–Crippen LogP) is 0.0951. The maximum atomic E-state index is 9.97. The highest BCUT2D eigenvalue weighted by atomic mass is 32.2. The maximum Gasteiger partial charge on any atom is 0.383 e. The second-order valence-corrected chi connectivity index (χ2v) is 2.48. The van der Waals surface area contributed by atoms with Crippen LogP contribution in [0.15, 0.2) is 21.5 Å². The minimum atomic E-state index is -4.28. The lowest BCUT2D eigenvalue weighted by Crippen LogP contribution is -1.86. The molecule has 7 heteroatoms. The smallest absolute Gasteiger partial charge is 0.210 e. The molecule has 0 spiro atoms. The van der Waals surface area contributed by atoms with Gasteiger partial charge in [-0.05, 0) is 6.92 Å². The third kappa shape index (κ3) is 11.3. The van der Waals surface area contributed by atoms with E-state index in [1.165, 1.54) is 0 Å². The number of isocyanates is 2. The van der Waals surface area contributed by atoms with E-state index in [0.717, 1.165) is 0 Å². The van der Waals surface area contributed by atoms with Gasteiger partial charge in [0, 0.05) is 0 Å². The van der Waals surface area contributed by atoms with E-state index < -0.39 is 10.2 Å². The van der Waals surface area contributed by atoms with Crippen molar-refractivity contribution in [1.82, 2.24) is 0 Å². The Hall–Kier alpha value is -1.55. The number of nitrogens with zero attached hydrogens (tertiary/aromatic N) is 2. The molecule has 0 saturated heterocycles. The average Bonchev–Trinajstić information content (AvgIpc) is 1.88. The SMILES string of the molecule is C=CC.O=C=NS(=O)(=O)N=C=O. The van der Waals surface area contributed by atoms with Gasteiger partial charge in [-0.1, -0.05) is 14.9 Å². The van der Waals surface area contributed by atoms with Gasteiger partial charge in [0.2, 0.25) is 0 Å². The molecule has 0 aliphatic heterocycles. The third-order valence-corrected chi connectivity index (χ3v) is 0.916. The summed E-state index contributed by atoms with van der Waals surface area (Å²) in [6.45, 7) is 5.25. The van der Waals surface area contributed by atoms with E-state index in [4.69, 9.17) is 0 Å². The molecule has 0 amide bonds. The molecule has 0 radical (unpaired) electrons. The zero-order valence-corrected chi connectivity index (χ0v) is 7.04. The molecular weight excluding hydrogens is 184 g/mol. The first kappa shape index (κ1) is 13.1. The molecule has 0 unspecified atom stereocenters. The number of rotatable bonds is 2. The van der Waals surface area contributed by atoms with Crippen molar-refractivity contribution in [2.75, 3.05) is 0 Å². The van der Waals surface area contributed by atoms with Crippen LogP contribution < -0.4 is 0 Å². The van der Waals surface area contributed by atoms with E-state index in [1.807, 2.05) is 6.92 Å². The van der Waals surface area contributed by atoms with Gasteiger partial charge < -0.3 is 0 Å². The Morgan fingerprint density at radius 1 is 1.25 bits per heavy atom. The molecule has 0 atom stereocenters. The number of hydrogen-bond acceptors (Lipinski definition) is 4. The molecule has 0 aliphatic carbocycles. The lowest BCUT2D eigenvalue weighted by atomic mass is 10.8. The molecule has 0 N–H and O–H groups in total. The van der Waals surface area contributed by atoms with Crippen molar-refractivity contribution < 1.29 is 18.0 Å². The third-order valence-electron chi connectivity index (χ3n) is 0.305. The van der Waals surface area contributed by atoms with Crippen LogP contribution in [0, 0.1) is 0 Å². The van der Waals surface area contributed by atoms with Crippen molar-refractivity contribution in [3.63, 3.8) is 0 Å². The van der Waals surface area contributed by atoms with Crippen LogP contribution in [0.4, 0.5) is 0 Å². The minimum absolute atomic E-state index is 0.707. The second-order valence-electron chi connectivity index (χ2n) is 1.22. The summed E-state index contributed by atoms with van der Waals surface area (Å²) in [5.74, 6) is 0. The van der Waals surface area contributed by atoms with Crippen molar-refractivity contribution in [3.8, 4) is 0 Å². The van der Waals surface area contributed by atoms with Crippen LogP contribution in [-0.2, 0) is 19.8 Å². The number of hydrogen-bond donors (Lipinski definition) is 0. The van der Waals surface area contributed by atoms with Crippen LogP contribution in [0.3, 0.4) is 0 Å². The summed E-state index contributed by atoms with van der Waals surface area (Å²) in [5.41, 5.74) is 0. The Kier molecular flexibility index (Phi) is 8.23. The highest BCUT2D eigenvalue weighted by Crippen LogP contribution is 1.87.